The number of ether oxygens (including phenoxy) is 2. The number of nitrogens with zero attached hydrogens (tertiary/aromatic N) is 3. The van der Waals surface area contributed by atoms with Crippen LogP contribution in [-0.2, 0) is 9.53 Å². The zero-order valence-corrected chi connectivity index (χ0v) is 24.3. The normalized spacial score (nSPS) is 14.9. The number of methoxy groups -OCH3 is 1. The third-order valence-corrected chi connectivity index (χ3v) is 7.91. The highest BCUT2D eigenvalue weighted by Gasteiger charge is 2.35. The Bertz CT molecular complexity index is 1920. The summed E-state index contributed by atoms with van der Waals surface area (Å²) in [5.74, 6) is 0.0861. The molecule has 2 aromatic carbocycles. The van der Waals surface area contributed by atoms with Crippen molar-refractivity contribution in [2.24, 2.45) is 4.99 Å². The van der Waals surface area contributed by atoms with Gasteiger partial charge in [0.25, 0.3) is 11.2 Å². The first kappa shape index (κ1) is 28.1. The van der Waals surface area contributed by atoms with Gasteiger partial charge in [-0.1, -0.05) is 23.5 Å². The minimum atomic E-state index is -0.999. The number of nitro benzene ring substituents is 1. The number of fused-ring (bicyclic) bond motifs is 1. The number of esters is 1. The number of benzene rings is 2. The lowest BCUT2D eigenvalue weighted by Gasteiger charge is -2.22. The Morgan fingerprint density at radius 2 is 2.07 bits per heavy atom. The lowest BCUT2D eigenvalue weighted by atomic mass is 10.0. The van der Waals surface area contributed by atoms with E-state index in [0.29, 0.717) is 36.4 Å². The summed E-state index contributed by atoms with van der Waals surface area (Å²) < 4.78 is 18.7. The predicted octanol–water partition coefficient (Wildman–Crippen LogP) is 4.44. The highest BCUT2D eigenvalue weighted by Crippen LogP contribution is 2.36. The first-order valence-electron chi connectivity index (χ1n) is 12.2. The molecule has 0 saturated heterocycles. The summed E-state index contributed by atoms with van der Waals surface area (Å²) in [4.78, 5) is 42.6. The van der Waals surface area contributed by atoms with E-state index in [-0.39, 0.29) is 35.1 Å². The number of furan rings is 1. The number of aromatic nitrogens is 1. The van der Waals surface area contributed by atoms with Crippen LogP contribution in [0.4, 0.5) is 5.69 Å². The number of thiazole rings is 1. The molecular formula is C28H22BrN3O8S. The van der Waals surface area contributed by atoms with Crippen molar-refractivity contribution < 1.29 is 28.7 Å². The van der Waals surface area contributed by atoms with E-state index in [2.05, 4.69) is 20.9 Å². The van der Waals surface area contributed by atoms with Crippen LogP contribution in [0.1, 0.15) is 31.2 Å². The molecule has 1 aliphatic heterocycles. The van der Waals surface area contributed by atoms with Crippen LogP contribution >= 0.6 is 27.3 Å². The van der Waals surface area contributed by atoms with E-state index in [9.17, 15) is 24.8 Å². The summed E-state index contributed by atoms with van der Waals surface area (Å²) in [6, 6.07) is 11.4. The van der Waals surface area contributed by atoms with Crippen molar-refractivity contribution in [2.75, 3.05) is 13.7 Å². The molecule has 0 aliphatic carbocycles. The lowest BCUT2D eigenvalue weighted by molar-refractivity contribution is -0.384. The fraction of sp³-hybridized carbons (Fsp3) is 0.179. The van der Waals surface area contributed by atoms with Crippen molar-refractivity contribution in [3.05, 3.63) is 105 Å². The molecule has 1 N–H and O–H groups in total. The number of allylic oxidation sites excluding steroid dienone is 1. The molecule has 0 unspecified atom stereocenters. The van der Waals surface area contributed by atoms with Gasteiger partial charge in [-0.3, -0.25) is 19.5 Å². The molecule has 5 rings (SSSR count). The van der Waals surface area contributed by atoms with Gasteiger partial charge in [-0.05, 0) is 65.7 Å². The molecule has 0 amide bonds. The standard InChI is InChI=1S/C28H22BrN3O8S/c1-4-39-27(35)23-14(2)30-28-31(26(34)22(41-28)12-15-10-18(29)25(33)21(11-15)38-3)24(23)20-9-8-19(40-20)16-6-5-7-17(13-16)32(36)37/h5-13,24,33H,4H2,1-3H3/b22-12-/t24-/m1/s1. The molecule has 0 saturated carbocycles. The molecule has 0 radical (unpaired) electrons. The van der Waals surface area contributed by atoms with Gasteiger partial charge in [-0.2, -0.15) is 0 Å². The summed E-state index contributed by atoms with van der Waals surface area (Å²) in [5.41, 5.74) is 1.02. The SMILES string of the molecule is CCOC(=O)C1=C(C)N=c2s/c(=C\c3cc(Br)c(O)c(OC)c3)c(=O)n2[C@@H]1c1ccc(-c2cccc([N+](=O)[O-])c2)o1. The zero-order valence-electron chi connectivity index (χ0n) is 21.9. The maximum atomic E-state index is 13.8. The summed E-state index contributed by atoms with van der Waals surface area (Å²) in [6.45, 7) is 3.44. The van der Waals surface area contributed by atoms with Crippen molar-refractivity contribution in [1.29, 1.82) is 0 Å². The molecule has 3 heterocycles. The average molecular weight is 640 g/mol. The molecule has 2 aromatic heterocycles. The number of hydrogen-bond acceptors (Lipinski definition) is 10. The second kappa shape index (κ2) is 11.2. The van der Waals surface area contributed by atoms with Crippen LogP contribution in [0.2, 0.25) is 0 Å². The van der Waals surface area contributed by atoms with E-state index in [0.717, 1.165) is 11.3 Å². The second-order valence-electron chi connectivity index (χ2n) is 8.87. The molecule has 1 aliphatic rings. The van der Waals surface area contributed by atoms with Crippen molar-refractivity contribution in [1.82, 2.24) is 4.57 Å². The van der Waals surface area contributed by atoms with Gasteiger partial charge in [-0.15, -0.1) is 0 Å². The monoisotopic (exact) mass is 639 g/mol. The molecule has 0 spiro atoms. The summed E-state index contributed by atoms with van der Waals surface area (Å²) in [7, 11) is 1.42. The number of nitro groups is 1. The van der Waals surface area contributed by atoms with Gasteiger partial charge in [0.05, 0.1) is 38.9 Å². The van der Waals surface area contributed by atoms with Gasteiger partial charge in [-0.25, -0.2) is 9.79 Å². The van der Waals surface area contributed by atoms with Gasteiger partial charge in [0, 0.05) is 17.7 Å². The molecule has 0 bridgehead atoms. The van der Waals surface area contributed by atoms with Crippen molar-refractivity contribution in [3.63, 3.8) is 0 Å². The minimum Gasteiger partial charge on any atom is -0.503 e. The van der Waals surface area contributed by atoms with E-state index in [1.54, 1.807) is 56.3 Å². The van der Waals surface area contributed by atoms with Crippen LogP contribution in [0.3, 0.4) is 0 Å². The number of aromatic hydroxyl groups is 1. The van der Waals surface area contributed by atoms with Crippen LogP contribution in [-0.4, -0.2) is 34.3 Å². The first-order valence-corrected chi connectivity index (χ1v) is 13.8. The molecule has 11 nitrogen and oxygen atoms in total. The number of halogens is 1. The highest BCUT2D eigenvalue weighted by molar-refractivity contribution is 9.10. The summed E-state index contributed by atoms with van der Waals surface area (Å²) in [6.07, 6.45) is 1.63. The number of carbonyl (C=O) groups is 1. The molecule has 41 heavy (non-hydrogen) atoms. The Morgan fingerprint density at radius 3 is 2.78 bits per heavy atom. The number of non-ortho nitro benzene ring substituents is 1. The largest absolute Gasteiger partial charge is 0.503 e. The predicted molar refractivity (Wildman–Crippen MR) is 154 cm³/mol. The number of rotatable bonds is 7. The topological polar surface area (TPSA) is 146 Å². The van der Waals surface area contributed by atoms with Crippen LogP contribution in [0.5, 0.6) is 11.5 Å². The van der Waals surface area contributed by atoms with Gasteiger partial charge in [0.15, 0.2) is 16.3 Å². The summed E-state index contributed by atoms with van der Waals surface area (Å²) >= 11 is 4.42. The molecular weight excluding hydrogens is 618 g/mol. The van der Waals surface area contributed by atoms with E-state index in [1.807, 2.05) is 0 Å². The van der Waals surface area contributed by atoms with Crippen molar-refractivity contribution >= 4 is 45.0 Å². The van der Waals surface area contributed by atoms with Crippen LogP contribution < -0.4 is 19.6 Å². The quantitative estimate of drug-likeness (QED) is 0.177. The van der Waals surface area contributed by atoms with Gasteiger partial charge in [0.2, 0.25) is 0 Å². The lowest BCUT2D eigenvalue weighted by Crippen LogP contribution is -2.39. The molecule has 210 valence electrons. The van der Waals surface area contributed by atoms with Crippen molar-refractivity contribution in [3.8, 4) is 22.8 Å². The average Bonchev–Trinajstić information content (AvgIpc) is 3.55. The Balaban J connectivity index is 1.68. The number of carbonyl (C=O) groups excluding carboxylic acids is 1. The van der Waals surface area contributed by atoms with Gasteiger partial charge >= 0.3 is 5.97 Å². The van der Waals surface area contributed by atoms with Crippen molar-refractivity contribution in [2.45, 2.75) is 19.9 Å². The molecule has 1 atom stereocenters. The summed E-state index contributed by atoms with van der Waals surface area (Å²) in [5, 5.41) is 21.4. The Labute approximate surface area is 244 Å². The third-order valence-electron chi connectivity index (χ3n) is 6.32. The number of phenols is 1. The van der Waals surface area contributed by atoms with E-state index in [4.69, 9.17) is 13.9 Å². The minimum absolute atomic E-state index is 0.0711. The maximum Gasteiger partial charge on any atom is 0.338 e. The van der Waals surface area contributed by atoms with E-state index in [1.165, 1.54) is 23.8 Å². The smallest absolute Gasteiger partial charge is 0.338 e. The van der Waals surface area contributed by atoms with E-state index < -0.39 is 22.5 Å². The van der Waals surface area contributed by atoms with Crippen LogP contribution in [0.25, 0.3) is 17.4 Å². The molecule has 4 aromatic rings. The number of phenolic OH excluding ortho intramolecular Hbond substituents is 1. The van der Waals surface area contributed by atoms with Gasteiger partial charge < -0.3 is 19.0 Å². The van der Waals surface area contributed by atoms with E-state index >= 15 is 0 Å². The van der Waals surface area contributed by atoms with Gasteiger partial charge in [0.1, 0.15) is 17.6 Å². The molecule has 13 heteroatoms. The van der Waals surface area contributed by atoms with Crippen LogP contribution in [0.15, 0.2) is 78.5 Å². The first-order chi connectivity index (χ1) is 19.6. The maximum absolute atomic E-state index is 13.8. The second-order valence-corrected chi connectivity index (χ2v) is 10.7. The van der Waals surface area contributed by atoms with Crippen LogP contribution in [0, 0.1) is 10.1 Å². The fourth-order valence-corrected chi connectivity index (χ4v) is 5.98. The third kappa shape index (κ3) is 5.21. The molecule has 0 fully saturated rings. The number of hydrogen-bond donors (Lipinski definition) is 1. The zero-order chi connectivity index (χ0) is 29.4. The highest BCUT2D eigenvalue weighted by atomic mass is 79.9. The Hall–Kier alpha value is -4.49. The Kier molecular flexibility index (Phi) is 7.65. The fourth-order valence-electron chi connectivity index (χ4n) is 4.47. The Morgan fingerprint density at radius 1 is 1.29 bits per heavy atom.